The van der Waals surface area contributed by atoms with Gasteiger partial charge in [-0.1, -0.05) is 53.9 Å². The minimum Gasteiger partial charge on any atom is -0.450 e. The summed E-state index contributed by atoms with van der Waals surface area (Å²) >= 11 is 0. The van der Waals surface area contributed by atoms with Crippen molar-refractivity contribution in [3.8, 4) is 0 Å². The van der Waals surface area contributed by atoms with E-state index in [1.807, 2.05) is 20.8 Å². The zero-order chi connectivity index (χ0) is 23.4. The Morgan fingerprint density at radius 2 is 1.69 bits per heavy atom. The molecule has 0 aromatic heterocycles. The van der Waals surface area contributed by atoms with E-state index in [4.69, 9.17) is 4.74 Å². The van der Waals surface area contributed by atoms with Crippen LogP contribution in [-0.4, -0.2) is 19.2 Å². The first-order chi connectivity index (χ1) is 15.4. The summed E-state index contributed by atoms with van der Waals surface area (Å²) in [6.07, 6.45) is 16.7. The van der Waals surface area contributed by atoms with Crippen LogP contribution in [0.5, 0.6) is 0 Å². The fraction of sp³-hybridized carbons (Fsp3) is 0.966. The fourth-order valence-corrected chi connectivity index (χ4v) is 9.29. The summed E-state index contributed by atoms with van der Waals surface area (Å²) in [5.41, 5.74) is 1.16. The van der Waals surface area contributed by atoms with Gasteiger partial charge in [-0.3, -0.25) is 0 Å². The van der Waals surface area contributed by atoms with Crippen LogP contribution in [0, 0.1) is 46.3 Å². The van der Waals surface area contributed by atoms with E-state index >= 15 is 0 Å². The van der Waals surface area contributed by atoms with Crippen molar-refractivity contribution in [2.24, 2.45) is 46.3 Å². The molecule has 4 aliphatic rings. The summed E-state index contributed by atoms with van der Waals surface area (Å²) in [5.74, 6) is 5.72. The molecule has 186 valence electrons. The highest BCUT2D eigenvalue weighted by atomic mass is 16.5. The number of ether oxygens (including phenoxy) is 1. The van der Waals surface area contributed by atoms with Crippen molar-refractivity contribution in [1.82, 2.24) is 5.32 Å². The molecule has 6 unspecified atom stereocenters. The van der Waals surface area contributed by atoms with Gasteiger partial charge in [-0.2, -0.15) is 0 Å². The number of fused-ring (bicyclic) bond motifs is 5. The number of carbonyl (C=O) groups excluding carboxylic acids is 1. The molecule has 0 aromatic rings. The summed E-state index contributed by atoms with van der Waals surface area (Å²) in [5, 5.41) is 2.73. The second-order valence-electron chi connectivity index (χ2n) is 11.8. The molecule has 0 aliphatic heterocycles. The van der Waals surface area contributed by atoms with Crippen molar-refractivity contribution in [3.05, 3.63) is 0 Å². The van der Waals surface area contributed by atoms with E-state index in [1.54, 1.807) is 0 Å². The van der Waals surface area contributed by atoms with Crippen LogP contribution in [0.3, 0.4) is 0 Å². The van der Waals surface area contributed by atoms with E-state index in [1.165, 1.54) is 70.6 Å². The highest BCUT2D eigenvalue weighted by Crippen LogP contribution is 2.69. The Morgan fingerprint density at radius 1 is 0.938 bits per heavy atom. The molecule has 3 nitrogen and oxygen atoms in total. The molecule has 32 heavy (non-hydrogen) atoms. The standard InChI is InChI=1S/C27H47NO2.C2H6/c1-5-19-18-21-23-13-12-20(10-9-17-30-25(29)28-6-2)26(23,3)16-14-24(21)27(4)15-8-7-11-22(19)27;1-2/h19-24H,5-18H2,1-4H3,(H,28,29);1-2H3/t19-,20?,21?,22?,23?,24-,26?,27?;/m0./s1. The highest BCUT2D eigenvalue weighted by molar-refractivity contribution is 5.66. The molecule has 1 amide bonds. The normalized spacial score (nSPS) is 42.6. The van der Waals surface area contributed by atoms with Crippen molar-refractivity contribution < 1.29 is 9.53 Å². The number of amides is 1. The number of alkyl carbamates (subject to hydrolysis) is 1. The maximum atomic E-state index is 11.6. The first-order valence-electron chi connectivity index (χ1n) is 14.3. The smallest absolute Gasteiger partial charge is 0.407 e. The molecule has 4 fully saturated rings. The van der Waals surface area contributed by atoms with E-state index in [9.17, 15) is 4.79 Å². The van der Waals surface area contributed by atoms with Crippen LogP contribution in [0.2, 0.25) is 0 Å². The van der Waals surface area contributed by atoms with Gasteiger partial charge in [0.1, 0.15) is 0 Å². The van der Waals surface area contributed by atoms with E-state index in [2.05, 4.69) is 26.1 Å². The third-order valence-electron chi connectivity index (χ3n) is 10.7. The Kier molecular flexibility index (Phi) is 9.00. The number of hydrogen-bond donors (Lipinski definition) is 1. The van der Waals surface area contributed by atoms with Gasteiger partial charge in [-0.05, 0) is 111 Å². The van der Waals surface area contributed by atoms with Gasteiger partial charge >= 0.3 is 6.09 Å². The average molecular weight is 448 g/mol. The number of rotatable bonds is 6. The lowest BCUT2D eigenvalue weighted by Gasteiger charge is -2.62. The third kappa shape index (κ3) is 4.74. The largest absolute Gasteiger partial charge is 0.450 e. The van der Waals surface area contributed by atoms with Crippen molar-refractivity contribution in [3.63, 3.8) is 0 Å². The van der Waals surface area contributed by atoms with Gasteiger partial charge in [0.25, 0.3) is 0 Å². The van der Waals surface area contributed by atoms with Crippen molar-refractivity contribution in [2.45, 2.75) is 119 Å². The van der Waals surface area contributed by atoms with Crippen LogP contribution in [0.4, 0.5) is 4.79 Å². The Balaban J connectivity index is 0.00000141. The van der Waals surface area contributed by atoms with Crippen LogP contribution < -0.4 is 5.32 Å². The summed E-state index contributed by atoms with van der Waals surface area (Å²) in [7, 11) is 0. The number of carbonyl (C=O) groups is 1. The Labute approximate surface area is 199 Å². The van der Waals surface area contributed by atoms with Gasteiger partial charge in [0.05, 0.1) is 6.61 Å². The first-order valence-corrected chi connectivity index (χ1v) is 14.3. The van der Waals surface area contributed by atoms with E-state index in [-0.39, 0.29) is 6.09 Å². The van der Waals surface area contributed by atoms with Crippen LogP contribution in [0.1, 0.15) is 119 Å². The summed E-state index contributed by atoms with van der Waals surface area (Å²) < 4.78 is 5.35. The monoisotopic (exact) mass is 447 g/mol. The van der Waals surface area contributed by atoms with Crippen LogP contribution in [0.25, 0.3) is 0 Å². The maximum Gasteiger partial charge on any atom is 0.407 e. The van der Waals surface area contributed by atoms with E-state index < -0.39 is 0 Å². The molecule has 4 aliphatic carbocycles. The Morgan fingerprint density at radius 3 is 2.41 bits per heavy atom. The SMILES string of the molecule is CC.CCNC(=O)OCCCC1CCC2C3C[C@H](CC)C4CCCCC4(C)[C@H]3CCC12C. The molecule has 0 saturated heterocycles. The fourth-order valence-electron chi connectivity index (χ4n) is 9.29. The zero-order valence-electron chi connectivity index (χ0n) is 22.2. The van der Waals surface area contributed by atoms with Crippen LogP contribution >= 0.6 is 0 Å². The second-order valence-corrected chi connectivity index (χ2v) is 11.8. The van der Waals surface area contributed by atoms with Crippen molar-refractivity contribution in [2.75, 3.05) is 13.2 Å². The Hall–Kier alpha value is -0.730. The van der Waals surface area contributed by atoms with Gasteiger partial charge in [-0.15, -0.1) is 0 Å². The average Bonchev–Trinajstić information content (AvgIpc) is 3.13. The summed E-state index contributed by atoms with van der Waals surface area (Å²) in [6.45, 7) is 15.0. The van der Waals surface area contributed by atoms with Crippen LogP contribution in [0.15, 0.2) is 0 Å². The molecular weight excluding hydrogens is 394 g/mol. The molecule has 0 bridgehead atoms. The molecule has 0 radical (unpaired) electrons. The van der Waals surface area contributed by atoms with E-state index in [0.717, 1.165) is 41.9 Å². The van der Waals surface area contributed by atoms with Crippen molar-refractivity contribution >= 4 is 6.09 Å². The topological polar surface area (TPSA) is 38.3 Å². The highest BCUT2D eigenvalue weighted by Gasteiger charge is 2.60. The molecular formula is C29H53NO2. The quantitative estimate of drug-likeness (QED) is 0.416. The van der Waals surface area contributed by atoms with E-state index in [0.29, 0.717) is 24.0 Å². The van der Waals surface area contributed by atoms with Gasteiger partial charge in [0.15, 0.2) is 0 Å². The summed E-state index contributed by atoms with van der Waals surface area (Å²) in [6, 6.07) is 0. The Bertz CT molecular complexity index is 606. The van der Waals surface area contributed by atoms with Gasteiger partial charge in [-0.25, -0.2) is 4.79 Å². The molecule has 4 rings (SSSR count). The first kappa shape index (κ1) is 25.9. The second kappa shape index (κ2) is 11.1. The predicted octanol–water partition coefficient (Wildman–Crippen LogP) is 8.22. The number of nitrogens with one attached hydrogen (secondary N) is 1. The third-order valence-corrected chi connectivity index (χ3v) is 10.7. The van der Waals surface area contributed by atoms with Crippen LogP contribution in [-0.2, 0) is 4.74 Å². The lowest BCUT2D eigenvalue weighted by molar-refractivity contribution is -0.135. The molecule has 0 aromatic carbocycles. The zero-order valence-corrected chi connectivity index (χ0v) is 22.2. The lowest BCUT2D eigenvalue weighted by atomic mass is 9.42. The minimum atomic E-state index is -0.253. The van der Waals surface area contributed by atoms with Gasteiger partial charge in [0, 0.05) is 6.54 Å². The molecule has 4 saturated carbocycles. The minimum absolute atomic E-state index is 0.253. The lowest BCUT2D eigenvalue weighted by Crippen LogP contribution is -2.55. The summed E-state index contributed by atoms with van der Waals surface area (Å²) in [4.78, 5) is 11.6. The number of hydrogen-bond acceptors (Lipinski definition) is 2. The molecule has 0 heterocycles. The van der Waals surface area contributed by atoms with Gasteiger partial charge < -0.3 is 10.1 Å². The molecule has 8 atom stereocenters. The van der Waals surface area contributed by atoms with Gasteiger partial charge in [0.2, 0.25) is 0 Å². The maximum absolute atomic E-state index is 11.6. The molecule has 1 N–H and O–H groups in total. The predicted molar refractivity (Wildman–Crippen MR) is 135 cm³/mol. The molecule has 0 spiro atoms. The molecule has 3 heteroatoms. The van der Waals surface area contributed by atoms with Crippen molar-refractivity contribution in [1.29, 1.82) is 0 Å².